The second-order valence-corrected chi connectivity index (χ2v) is 3.95. The van der Waals surface area contributed by atoms with Gasteiger partial charge >= 0.3 is 5.97 Å². The molecule has 2 aromatic rings. The molecule has 0 bridgehead atoms. The number of rotatable bonds is 2. The first-order valence-electron chi connectivity index (χ1n) is 4.90. The summed E-state index contributed by atoms with van der Waals surface area (Å²) in [7, 11) is 0. The van der Waals surface area contributed by atoms with Crippen LogP contribution in [0.4, 0.5) is 0 Å². The first-order chi connectivity index (χ1) is 8.08. The number of hydrogen-bond acceptors (Lipinski definition) is 2. The summed E-state index contributed by atoms with van der Waals surface area (Å²) in [5.41, 5.74) is 1.64. The van der Waals surface area contributed by atoms with Gasteiger partial charge in [0.1, 0.15) is 5.75 Å². The molecule has 0 atom stereocenters. The van der Waals surface area contributed by atoms with Gasteiger partial charge in [-0.1, -0.05) is 23.7 Å². The molecule has 0 saturated heterocycles. The average molecular weight is 249 g/mol. The van der Waals surface area contributed by atoms with Crippen molar-refractivity contribution in [1.29, 1.82) is 0 Å². The van der Waals surface area contributed by atoms with Gasteiger partial charge in [-0.05, 0) is 35.9 Å². The summed E-state index contributed by atoms with van der Waals surface area (Å²) < 4.78 is 0. The van der Waals surface area contributed by atoms with E-state index < -0.39 is 5.97 Å². The number of hydrogen-bond donors (Lipinski definition) is 2. The molecule has 0 aliphatic carbocycles. The molecular weight excluding hydrogens is 240 g/mol. The molecule has 0 fully saturated rings. The molecule has 2 rings (SSSR count). The molecule has 4 heteroatoms. The van der Waals surface area contributed by atoms with Crippen LogP contribution < -0.4 is 0 Å². The summed E-state index contributed by atoms with van der Waals surface area (Å²) >= 11 is 6.01. The average Bonchev–Trinajstić information content (AvgIpc) is 2.32. The molecule has 0 heterocycles. The molecule has 0 amide bonds. The highest BCUT2D eigenvalue weighted by atomic mass is 35.5. The van der Waals surface area contributed by atoms with E-state index in [4.69, 9.17) is 16.7 Å². The van der Waals surface area contributed by atoms with E-state index in [9.17, 15) is 9.90 Å². The van der Waals surface area contributed by atoms with Crippen LogP contribution in [0.2, 0.25) is 5.02 Å². The Labute approximate surface area is 103 Å². The van der Waals surface area contributed by atoms with E-state index in [1.807, 2.05) is 0 Å². The molecule has 0 aliphatic rings. The zero-order valence-corrected chi connectivity index (χ0v) is 9.48. The molecule has 0 radical (unpaired) electrons. The van der Waals surface area contributed by atoms with Gasteiger partial charge in [-0.15, -0.1) is 0 Å². The number of halogens is 1. The van der Waals surface area contributed by atoms with Gasteiger partial charge in [-0.2, -0.15) is 0 Å². The lowest BCUT2D eigenvalue weighted by Gasteiger charge is -2.05. The minimum Gasteiger partial charge on any atom is -0.508 e. The number of aromatic carboxylic acids is 1. The fraction of sp³-hybridized carbons (Fsp3) is 0. The predicted octanol–water partition coefficient (Wildman–Crippen LogP) is 3.41. The van der Waals surface area contributed by atoms with E-state index in [2.05, 4.69) is 0 Å². The van der Waals surface area contributed by atoms with Crippen LogP contribution in [0.1, 0.15) is 10.4 Å². The Bertz CT molecular complexity index is 561. The number of carboxylic acids is 1. The maximum Gasteiger partial charge on any atom is 0.335 e. The van der Waals surface area contributed by atoms with Crippen molar-refractivity contribution in [2.75, 3.05) is 0 Å². The maximum atomic E-state index is 10.7. The molecule has 0 saturated carbocycles. The van der Waals surface area contributed by atoms with Gasteiger partial charge < -0.3 is 10.2 Å². The van der Waals surface area contributed by atoms with Crippen molar-refractivity contribution in [2.45, 2.75) is 0 Å². The highest BCUT2D eigenvalue weighted by Crippen LogP contribution is 2.31. The number of carboxylic acid groups (broad SMARTS) is 1. The van der Waals surface area contributed by atoms with Gasteiger partial charge in [-0.25, -0.2) is 4.79 Å². The van der Waals surface area contributed by atoms with E-state index in [0.29, 0.717) is 10.6 Å². The third kappa shape index (κ3) is 2.40. The van der Waals surface area contributed by atoms with Crippen LogP contribution in [0.25, 0.3) is 11.1 Å². The molecule has 0 aliphatic heterocycles. The lowest BCUT2D eigenvalue weighted by atomic mass is 10.0. The van der Waals surface area contributed by atoms with Gasteiger partial charge in [0.15, 0.2) is 0 Å². The van der Waals surface area contributed by atoms with E-state index in [1.54, 1.807) is 18.2 Å². The molecule has 0 aromatic heterocycles. The van der Waals surface area contributed by atoms with Crippen LogP contribution in [-0.4, -0.2) is 16.2 Å². The summed E-state index contributed by atoms with van der Waals surface area (Å²) in [4.78, 5) is 10.7. The van der Waals surface area contributed by atoms with E-state index in [-0.39, 0.29) is 11.3 Å². The minimum absolute atomic E-state index is 0.117. The van der Waals surface area contributed by atoms with Crippen LogP contribution in [0.5, 0.6) is 5.75 Å². The molecule has 17 heavy (non-hydrogen) atoms. The van der Waals surface area contributed by atoms with Crippen molar-refractivity contribution in [2.24, 2.45) is 0 Å². The third-order valence-corrected chi connectivity index (χ3v) is 2.72. The Morgan fingerprint density at radius 2 is 1.71 bits per heavy atom. The highest BCUT2D eigenvalue weighted by molar-refractivity contribution is 6.33. The van der Waals surface area contributed by atoms with Crippen LogP contribution in [0, 0.1) is 0 Å². The van der Waals surface area contributed by atoms with Gasteiger partial charge in [0.25, 0.3) is 0 Å². The molecule has 3 nitrogen and oxygen atoms in total. The number of benzene rings is 2. The number of phenols is 1. The van der Waals surface area contributed by atoms with Crippen LogP contribution in [0.3, 0.4) is 0 Å². The highest BCUT2D eigenvalue weighted by Gasteiger charge is 2.06. The fourth-order valence-electron chi connectivity index (χ4n) is 1.53. The van der Waals surface area contributed by atoms with Crippen molar-refractivity contribution in [1.82, 2.24) is 0 Å². The van der Waals surface area contributed by atoms with Crippen molar-refractivity contribution in [3.05, 3.63) is 53.1 Å². The van der Waals surface area contributed by atoms with Crippen molar-refractivity contribution in [3.63, 3.8) is 0 Å². The Morgan fingerprint density at radius 1 is 1.06 bits per heavy atom. The molecule has 2 N–H and O–H groups in total. The summed E-state index contributed by atoms with van der Waals surface area (Å²) in [6, 6.07) is 10.9. The molecule has 86 valence electrons. The first-order valence-corrected chi connectivity index (χ1v) is 5.28. The summed E-state index contributed by atoms with van der Waals surface area (Å²) in [6.07, 6.45) is 0. The maximum absolute atomic E-state index is 10.7. The van der Waals surface area contributed by atoms with Gasteiger partial charge in [0.2, 0.25) is 0 Å². The molecular formula is C13H9ClO3. The largest absolute Gasteiger partial charge is 0.508 e. The summed E-state index contributed by atoms with van der Waals surface area (Å²) in [5.74, 6) is -0.856. The van der Waals surface area contributed by atoms with Gasteiger partial charge in [0, 0.05) is 10.6 Å². The molecule has 0 unspecified atom stereocenters. The fourth-order valence-corrected chi connectivity index (χ4v) is 1.75. The smallest absolute Gasteiger partial charge is 0.335 e. The van der Waals surface area contributed by atoms with Gasteiger partial charge in [0.05, 0.1) is 5.56 Å². The normalized spacial score (nSPS) is 10.2. The zero-order chi connectivity index (χ0) is 12.4. The minimum atomic E-state index is -0.974. The van der Waals surface area contributed by atoms with Gasteiger partial charge in [-0.3, -0.25) is 0 Å². The second-order valence-electron chi connectivity index (χ2n) is 3.55. The third-order valence-electron chi connectivity index (χ3n) is 2.39. The molecule has 2 aromatic carbocycles. The standard InChI is InChI=1S/C13H9ClO3/c14-12-6-5-10(15)7-11(12)8-1-3-9(4-2-8)13(16)17/h1-7,15H,(H,16,17). The van der Waals surface area contributed by atoms with E-state index in [1.165, 1.54) is 24.3 Å². The van der Waals surface area contributed by atoms with Crippen LogP contribution >= 0.6 is 11.6 Å². The number of carbonyl (C=O) groups is 1. The van der Waals surface area contributed by atoms with Crippen LogP contribution in [0.15, 0.2) is 42.5 Å². The first kappa shape index (κ1) is 11.5. The Morgan fingerprint density at radius 3 is 2.29 bits per heavy atom. The van der Waals surface area contributed by atoms with Crippen molar-refractivity contribution >= 4 is 17.6 Å². The quantitative estimate of drug-likeness (QED) is 0.856. The Kier molecular flexibility index (Phi) is 3.02. The second kappa shape index (κ2) is 4.47. The number of phenolic OH excluding ortho intramolecular Hbond substituents is 1. The lowest BCUT2D eigenvalue weighted by Crippen LogP contribution is -1.95. The number of aromatic hydroxyl groups is 1. The van der Waals surface area contributed by atoms with Crippen molar-refractivity contribution in [3.8, 4) is 16.9 Å². The Balaban J connectivity index is 2.46. The van der Waals surface area contributed by atoms with Crippen molar-refractivity contribution < 1.29 is 15.0 Å². The Hall–Kier alpha value is -2.00. The molecule has 0 spiro atoms. The predicted molar refractivity (Wildman–Crippen MR) is 65.5 cm³/mol. The monoisotopic (exact) mass is 248 g/mol. The summed E-state index contributed by atoms with van der Waals surface area (Å²) in [6.45, 7) is 0. The zero-order valence-electron chi connectivity index (χ0n) is 8.72. The topological polar surface area (TPSA) is 57.5 Å². The SMILES string of the molecule is O=C(O)c1ccc(-c2cc(O)ccc2Cl)cc1. The van der Waals surface area contributed by atoms with E-state index in [0.717, 1.165) is 5.56 Å². The lowest BCUT2D eigenvalue weighted by molar-refractivity contribution is 0.0697. The van der Waals surface area contributed by atoms with E-state index >= 15 is 0 Å². The van der Waals surface area contributed by atoms with Crippen LogP contribution in [-0.2, 0) is 0 Å². The summed E-state index contributed by atoms with van der Waals surface area (Å²) in [5, 5.41) is 18.7.